The van der Waals surface area contributed by atoms with Crippen molar-refractivity contribution in [3.05, 3.63) is 38.4 Å². The highest BCUT2D eigenvalue weighted by Crippen LogP contribution is 2.32. The van der Waals surface area contributed by atoms with Crippen LogP contribution in [-0.2, 0) is 14.2 Å². The predicted octanol–water partition coefficient (Wildman–Crippen LogP) is 5.03. The minimum Gasteiger partial charge on any atom is -0.444 e. The maximum absolute atomic E-state index is 13.2. The second kappa shape index (κ2) is 14.6. The smallest absolute Gasteiger partial charge is 0.410 e. The lowest BCUT2D eigenvalue weighted by Gasteiger charge is -2.36. The van der Waals surface area contributed by atoms with Gasteiger partial charge in [-0.25, -0.2) is 14.4 Å². The molecular weight excluding hydrogens is 592 g/mol. The zero-order valence-electron chi connectivity index (χ0n) is 27.7. The van der Waals surface area contributed by atoms with E-state index < -0.39 is 56.3 Å². The summed E-state index contributed by atoms with van der Waals surface area (Å²) in [6.07, 6.45) is -1.94. The highest BCUT2D eigenvalue weighted by Gasteiger charge is 2.31. The summed E-state index contributed by atoms with van der Waals surface area (Å²) in [5.74, 6) is 0. The van der Waals surface area contributed by atoms with Gasteiger partial charge in [-0.1, -0.05) is 0 Å². The molecule has 0 aromatic heterocycles. The molecule has 16 heteroatoms. The van der Waals surface area contributed by atoms with Gasteiger partial charge in [0.2, 0.25) is 0 Å². The van der Waals surface area contributed by atoms with Crippen LogP contribution in [0.3, 0.4) is 0 Å². The molecule has 252 valence electrons. The molecule has 1 heterocycles. The molecule has 0 saturated carbocycles. The van der Waals surface area contributed by atoms with Gasteiger partial charge in [-0.15, -0.1) is 0 Å². The Morgan fingerprint density at radius 3 is 1.22 bits per heavy atom. The standard InChI is InChI=1S/C29H46N6O10/c1-27(2,3)43-24(36)31-14-12-30(22-11-10-21(34(39)40)20-23(22)35(41)42)13-15-32(25(37)44-28(4,5)6)17-19-33(18-16-31)26(38)45-29(7,8)9/h10-11,20H,12-19H2,1-9H3. The van der Waals surface area contributed by atoms with E-state index in [2.05, 4.69) is 0 Å². The SMILES string of the molecule is CC(C)(C)OC(=O)N1CCN(C(=O)OC(C)(C)C)CCN(c2ccc([N+](=O)[O-])cc2[N+](=O)[O-])CCN(C(=O)OC(C)(C)C)CC1. The van der Waals surface area contributed by atoms with Crippen LogP contribution < -0.4 is 4.90 Å². The lowest BCUT2D eigenvalue weighted by Crippen LogP contribution is -2.51. The van der Waals surface area contributed by atoms with Gasteiger partial charge in [0.05, 0.1) is 15.9 Å². The van der Waals surface area contributed by atoms with Crippen LogP contribution in [0.25, 0.3) is 0 Å². The molecule has 1 aliphatic heterocycles. The third kappa shape index (κ3) is 12.3. The van der Waals surface area contributed by atoms with E-state index in [1.165, 1.54) is 20.8 Å². The van der Waals surface area contributed by atoms with Gasteiger partial charge in [-0.3, -0.25) is 20.2 Å². The van der Waals surface area contributed by atoms with Crippen molar-refractivity contribution in [3.8, 4) is 0 Å². The first-order chi connectivity index (χ1) is 20.6. The Hall–Kier alpha value is -4.37. The molecule has 0 N–H and O–H groups in total. The van der Waals surface area contributed by atoms with Crippen molar-refractivity contribution in [1.29, 1.82) is 0 Å². The van der Waals surface area contributed by atoms with Crippen molar-refractivity contribution in [2.75, 3.05) is 57.3 Å². The van der Waals surface area contributed by atoms with Gasteiger partial charge in [0.25, 0.3) is 11.4 Å². The Labute approximate surface area is 263 Å². The van der Waals surface area contributed by atoms with Gasteiger partial charge in [0, 0.05) is 58.4 Å². The number of nitro groups is 2. The Balaban J connectivity index is 2.56. The lowest BCUT2D eigenvalue weighted by molar-refractivity contribution is -0.393. The monoisotopic (exact) mass is 638 g/mol. The number of amides is 3. The number of carbonyl (C=O) groups excluding carboxylic acids is 3. The largest absolute Gasteiger partial charge is 0.444 e. The van der Waals surface area contributed by atoms with Gasteiger partial charge in [0.1, 0.15) is 22.5 Å². The van der Waals surface area contributed by atoms with Crippen molar-refractivity contribution in [2.45, 2.75) is 79.1 Å². The number of nitro benzene ring substituents is 2. The molecule has 0 radical (unpaired) electrons. The van der Waals surface area contributed by atoms with Crippen LogP contribution >= 0.6 is 0 Å². The number of benzene rings is 1. The molecule has 16 nitrogen and oxygen atoms in total. The second-order valence-corrected chi connectivity index (χ2v) is 13.6. The Morgan fingerprint density at radius 1 is 0.600 bits per heavy atom. The second-order valence-electron chi connectivity index (χ2n) is 13.6. The van der Waals surface area contributed by atoms with Gasteiger partial charge in [0.15, 0.2) is 0 Å². The van der Waals surface area contributed by atoms with Crippen molar-refractivity contribution in [2.24, 2.45) is 0 Å². The number of non-ortho nitro benzene ring substituents is 1. The number of hydrogen-bond acceptors (Lipinski definition) is 11. The summed E-state index contributed by atoms with van der Waals surface area (Å²) in [5, 5.41) is 23.4. The van der Waals surface area contributed by atoms with E-state index in [9.17, 15) is 34.6 Å². The summed E-state index contributed by atoms with van der Waals surface area (Å²) in [7, 11) is 0. The minimum atomic E-state index is -0.823. The average molecular weight is 639 g/mol. The van der Waals surface area contributed by atoms with Crippen LogP contribution in [0.2, 0.25) is 0 Å². The first-order valence-electron chi connectivity index (χ1n) is 14.7. The number of nitrogens with zero attached hydrogens (tertiary/aromatic N) is 6. The van der Waals surface area contributed by atoms with E-state index in [1.54, 1.807) is 67.2 Å². The van der Waals surface area contributed by atoms with Crippen LogP contribution in [0.5, 0.6) is 0 Å². The lowest BCUT2D eigenvalue weighted by atomic mass is 10.2. The molecule has 0 aliphatic carbocycles. The molecule has 1 fully saturated rings. The summed E-state index contributed by atoms with van der Waals surface area (Å²) in [4.78, 5) is 67.4. The van der Waals surface area contributed by atoms with Gasteiger partial charge >= 0.3 is 18.3 Å². The number of anilines is 1. The molecule has 0 atom stereocenters. The van der Waals surface area contributed by atoms with E-state index >= 15 is 0 Å². The third-order valence-electron chi connectivity index (χ3n) is 6.22. The molecule has 1 aromatic rings. The van der Waals surface area contributed by atoms with Crippen molar-refractivity contribution >= 4 is 35.3 Å². The molecule has 3 amide bonds. The van der Waals surface area contributed by atoms with Crippen LogP contribution in [0, 0.1) is 20.2 Å². The summed E-state index contributed by atoms with van der Waals surface area (Å²) in [5.41, 5.74) is -3.32. The highest BCUT2D eigenvalue weighted by molar-refractivity contribution is 5.71. The number of carbonyl (C=O) groups is 3. The minimum absolute atomic E-state index is 0.0116. The normalized spacial score (nSPS) is 15.8. The predicted molar refractivity (Wildman–Crippen MR) is 165 cm³/mol. The zero-order valence-corrected chi connectivity index (χ0v) is 27.7. The van der Waals surface area contributed by atoms with Crippen LogP contribution in [0.4, 0.5) is 31.4 Å². The van der Waals surface area contributed by atoms with Crippen LogP contribution in [-0.4, -0.2) is 112 Å². The van der Waals surface area contributed by atoms with Crippen molar-refractivity contribution < 1.29 is 38.4 Å². The maximum atomic E-state index is 13.2. The average Bonchev–Trinajstić information content (AvgIpc) is 2.85. The van der Waals surface area contributed by atoms with Crippen molar-refractivity contribution in [1.82, 2.24) is 14.7 Å². The van der Waals surface area contributed by atoms with Gasteiger partial charge in [-0.05, 0) is 68.4 Å². The fourth-order valence-corrected chi connectivity index (χ4v) is 4.22. The van der Waals surface area contributed by atoms with Crippen LogP contribution in [0.1, 0.15) is 62.3 Å². The molecular formula is C29H46N6O10. The zero-order chi connectivity index (χ0) is 34.3. The third-order valence-corrected chi connectivity index (χ3v) is 6.22. The molecule has 2 rings (SSSR count). The molecule has 1 aliphatic rings. The van der Waals surface area contributed by atoms with Crippen molar-refractivity contribution in [3.63, 3.8) is 0 Å². The molecule has 0 spiro atoms. The Morgan fingerprint density at radius 2 is 0.933 bits per heavy atom. The highest BCUT2D eigenvalue weighted by atomic mass is 16.6. The maximum Gasteiger partial charge on any atom is 0.410 e. The quantitative estimate of drug-likeness (QED) is 0.246. The molecule has 0 unspecified atom stereocenters. The Kier molecular flexibility index (Phi) is 12.0. The number of rotatable bonds is 3. The van der Waals surface area contributed by atoms with Gasteiger partial charge < -0.3 is 33.8 Å². The molecule has 45 heavy (non-hydrogen) atoms. The topological polar surface area (TPSA) is 178 Å². The first kappa shape index (κ1) is 36.8. The van der Waals surface area contributed by atoms with E-state index in [1.807, 2.05) is 0 Å². The fourth-order valence-electron chi connectivity index (χ4n) is 4.22. The first-order valence-corrected chi connectivity index (χ1v) is 14.7. The van der Waals surface area contributed by atoms with Gasteiger partial charge in [-0.2, -0.15) is 0 Å². The van der Waals surface area contributed by atoms with Crippen LogP contribution in [0.15, 0.2) is 18.2 Å². The summed E-state index contributed by atoms with van der Waals surface area (Å²) < 4.78 is 16.8. The summed E-state index contributed by atoms with van der Waals surface area (Å²) in [6.45, 7) is 15.7. The number of ether oxygens (including phenoxy) is 3. The van der Waals surface area contributed by atoms with E-state index in [0.717, 1.165) is 12.1 Å². The summed E-state index contributed by atoms with van der Waals surface area (Å²) in [6, 6.07) is 3.32. The molecule has 1 saturated heterocycles. The van der Waals surface area contributed by atoms with E-state index in [0.29, 0.717) is 0 Å². The molecule has 1 aromatic carbocycles. The number of hydrogen-bond donors (Lipinski definition) is 0. The van der Waals surface area contributed by atoms with E-state index in [-0.39, 0.29) is 58.0 Å². The molecule has 0 bridgehead atoms. The van der Waals surface area contributed by atoms with E-state index in [4.69, 9.17) is 14.2 Å². The summed E-state index contributed by atoms with van der Waals surface area (Å²) >= 11 is 0. The fraction of sp³-hybridized carbons (Fsp3) is 0.690. The Bertz CT molecular complexity index is 1210.